The van der Waals surface area contributed by atoms with Crippen LogP contribution in [0.2, 0.25) is 0 Å². The second kappa shape index (κ2) is 6.72. The molecule has 1 fully saturated rings. The highest BCUT2D eigenvalue weighted by atomic mass is 79.9. The summed E-state index contributed by atoms with van der Waals surface area (Å²) in [4.78, 5) is 23.8. The van der Waals surface area contributed by atoms with Gasteiger partial charge in [0.1, 0.15) is 11.6 Å². The highest BCUT2D eigenvalue weighted by molar-refractivity contribution is 9.10. The van der Waals surface area contributed by atoms with E-state index in [1.165, 1.54) is 0 Å². The highest BCUT2D eigenvalue weighted by Crippen LogP contribution is 2.24. The minimum atomic E-state index is -1.06. The number of nitrogens with one attached hydrogen (secondary N) is 1. The lowest BCUT2D eigenvalue weighted by atomic mass is 9.93. The molecule has 23 heavy (non-hydrogen) atoms. The van der Waals surface area contributed by atoms with E-state index in [2.05, 4.69) is 21.2 Å². The van der Waals surface area contributed by atoms with Gasteiger partial charge in [-0.3, -0.25) is 4.79 Å². The second-order valence-corrected chi connectivity index (χ2v) is 6.48. The smallest absolute Gasteiger partial charge is 0.326 e. The van der Waals surface area contributed by atoms with Crippen LogP contribution in [0.4, 0.5) is 0 Å². The summed E-state index contributed by atoms with van der Waals surface area (Å²) in [6.07, 6.45) is 1.51. The van der Waals surface area contributed by atoms with Crippen LogP contribution in [-0.2, 0) is 9.53 Å². The molecule has 1 aliphatic heterocycles. The van der Waals surface area contributed by atoms with Crippen LogP contribution in [0.3, 0.4) is 0 Å². The lowest BCUT2D eigenvalue weighted by molar-refractivity contribution is -0.142. The molecule has 0 spiro atoms. The molecule has 1 aliphatic rings. The Bertz CT molecular complexity index is 735. The van der Waals surface area contributed by atoms with Gasteiger partial charge in [0.25, 0.3) is 5.91 Å². The Morgan fingerprint density at radius 1 is 1.35 bits per heavy atom. The number of carboxylic acids is 1. The van der Waals surface area contributed by atoms with Crippen LogP contribution in [0.5, 0.6) is 0 Å². The number of aliphatic carboxylic acids is 1. The van der Waals surface area contributed by atoms with E-state index < -0.39 is 17.9 Å². The number of carbonyl (C=O) groups is 2. The monoisotopic (exact) mass is 381 g/mol. The quantitative estimate of drug-likeness (QED) is 0.849. The lowest BCUT2D eigenvalue weighted by Gasteiger charge is -2.27. The molecule has 2 atom stereocenters. The van der Waals surface area contributed by atoms with E-state index in [4.69, 9.17) is 9.15 Å². The Morgan fingerprint density at radius 2 is 2.17 bits per heavy atom. The summed E-state index contributed by atoms with van der Waals surface area (Å²) in [5.74, 6) is -1.73. The van der Waals surface area contributed by atoms with E-state index >= 15 is 0 Å². The first-order chi connectivity index (χ1) is 11.0. The predicted molar refractivity (Wildman–Crippen MR) is 86.3 cm³/mol. The summed E-state index contributed by atoms with van der Waals surface area (Å²) in [7, 11) is 0. The van der Waals surface area contributed by atoms with E-state index in [-0.39, 0.29) is 11.7 Å². The van der Waals surface area contributed by atoms with Crippen LogP contribution in [-0.4, -0.2) is 36.2 Å². The number of carboxylic acid groups (broad SMARTS) is 1. The standard InChI is InChI=1S/C16H16BrNO5/c17-11-3-4-12-10(6-11)7-13(23-12)15(19)18-14(16(20)21)9-2-1-5-22-8-9/h3-4,6-7,9,14H,1-2,5,8H2,(H,18,19)(H,20,21). The van der Waals surface area contributed by atoms with Gasteiger partial charge < -0.3 is 19.6 Å². The Hall–Kier alpha value is -1.86. The van der Waals surface area contributed by atoms with Gasteiger partial charge in [-0.25, -0.2) is 4.79 Å². The normalized spacial score (nSPS) is 19.4. The molecule has 122 valence electrons. The number of benzene rings is 1. The molecule has 1 aromatic heterocycles. The van der Waals surface area contributed by atoms with Crippen LogP contribution in [0.15, 0.2) is 33.2 Å². The van der Waals surface area contributed by atoms with Crippen molar-refractivity contribution in [1.29, 1.82) is 0 Å². The number of hydrogen-bond acceptors (Lipinski definition) is 4. The van der Waals surface area contributed by atoms with Crippen LogP contribution in [0.1, 0.15) is 23.4 Å². The molecule has 1 amide bonds. The molecule has 6 nitrogen and oxygen atoms in total. The number of fused-ring (bicyclic) bond motifs is 1. The van der Waals surface area contributed by atoms with Crippen molar-refractivity contribution in [3.05, 3.63) is 34.5 Å². The van der Waals surface area contributed by atoms with Crippen LogP contribution in [0, 0.1) is 5.92 Å². The van der Waals surface area contributed by atoms with Gasteiger partial charge in [-0.05, 0) is 37.1 Å². The summed E-state index contributed by atoms with van der Waals surface area (Å²) < 4.78 is 11.7. The molecule has 0 saturated carbocycles. The summed E-state index contributed by atoms with van der Waals surface area (Å²) in [5.41, 5.74) is 0.575. The van der Waals surface area contributed by atoms with E-state index in [1.807, 2.05) is 12.1 Å². The Balaban J connectivity index is 1.78. The van der Waals surface area contributed by atoms with E-state index in [0.717, 1.165) is 16.3 Å². The first kappa shape index (κ1) is 16.0. The minimum absolute atomic E-state index is 0.0982. The van der Waals surface area contributed by atoms with Gasteiger partial charge in [0.15, 0.2) is 5.76 Å². The number of furan rings is 1. The van der Waals surface area contributed by atoms with Crippen molar-refractivity contribution >= 4 is 38.8 Å². The van der Waals surface area contributed by atoms with Crippen molar-refractivity contribution in [2.45, 2.75) is 18.9 Å². The topological polar surface area (TPSA) is 88.8 Å². The number of carbonyl (C=O) groups excluding carboxylic acids is 1. The molecule has 2 heterocycles. The minimum Gasteiger partial charge on any atom is -0.480 e. The summed E-state index contributed by atoms with van der Waals surface area (Å²) in [6.45, 7) is 0.972. The average Bonchev–Trinajstić information content (AvgIpc) is 2.96. The Labute approximate surface area is 140 Å². The van der Waals surface area contributed by atoms with Crippen LogP contribution < -0.4 is 5.32 Å². The second-order valence-electron chi connectivity index (χ2n) is 5.56. The SMILES string of the molecule is O=C(NC(C(=O)O)C1CCCOC1)c1cc2cc(Br)ccc2o1. The maximum atomic E-state index is 12.3. The van der Waals surface area contributed by atoms with E-state index in [9.17, 15) is 14.7 Å². The summed E-state index contributed by atoms with van der Waals surface area (Å²) in [6, 6.07) is 6.01. The number of amides is 1. The highest BCUT2D eigenvalue weighted by Gasteiger charge is 2.32. The maximum absolute atomic E-state index is 12.3. The molecule has 0 bridgehead atoms. The zero-order chi connectivity index (χ0) is 16.4. The zero-order valence-electron chi connectivity index (χ0n) is 12.3. The summed E-state index contributed by atoms with van der Waals surface area (Å²) >= 11 is 3.36. The molecular weight excluding hydrogens is 366 g/mol. The van der Waals surface area contributed by atoms with Gasteiger partial charge in [0.05, 0.1) is 6.61 Å². The van der Waals surface area contributed by atoms with E-state index in [0.29, 0.717) is 25.2 Å². The summed E-state index contributed by atoms with van der Waals surface area (Å²) in [5, 5.41) is 12.7. The Kier molecular flexibility index (Phi) is 4.68. The zero-order valence-corrected chi connectivity index (χ0v) is 13.8. The number of rotatable bonds is 4. The molecule has 1 aromatic carbocycles. The van der Waals surface area contributed by atoms with Gasteiger partial charge in [0.2, 0.25) is 0 Å². The average molecular weight is 382 g/mol. The number of halogens is 1. The largest absolute Gasteiger partial charge is 0.480 e. The van der Waals surface area contributed by atoms with Crippen molar-refractivity contribution < 1.29 is 23.8 Å². The number of hydrogen-bond donors (Lipinski definition) is 2. The first-order valence-electron chi connectivity index (χ1n) is 7.35. The van der Waals surface area contributed by atoms with Crippen LogP contribution >= 0.6 is 15.9 Å². The lowest BCUT2D eigenvalue weighted by Crippen LogP contribution is -2.48. The first-order valence-corrected chi connectivity index (χ1v) is 8.14. The molecule has 2 unspecified atom stereocenters. The third-order valence-electron chi connectivity index (χ3n) is 3.92. The molecule has 0 aliphatic carbocycles. The van der Waals surface area contributed by atoms with Gasteiger partial charge in [0, 0.05) is 22.4 Å². The van der Waals surface area contributed by atoms with Gasteiger partial charge in [-0.1, -0.05) is 15.9 Å². The molecular formula is C16H16BrNO5. The third kappa shape index (κ3) is 3.56. The third-order valence-corrected chi connectivity index (χ3v) is 4.41. The molecule has 0 radical (unpaired) electrons. The van der Waals surface area contributed by atoms with Crippen molar-refractivity contribution in [3.8, 4) is 0 Å². The van der Waals surface area contributed by atoms with Crippen molar-refractivity contribution in [2.24, 2.45) is 5.92 Å². The Morgan fingerprint density at radius 3 is 2.87 bits per heavy atom. The fourth-order valence-electron chi connectivity index (χ4n) is 2.75. The molecule has 3 rings (SSSR count). The van der Waals surface area contributed by atoms with Crippen molar-refractivity contribution in [3.63, 3.8) is 0 Å². The predicted octanol–water partition coefficient (Wildman–Crippen LogP) is 2.80. The van der Waals surface area contributed by atoms with Crippen molar-refractivity contribution in [1.82, 2.24) is 5.32 Å². The van der Waals surface area contributed by atoms with Crippen molar-refractivity contribution in [2.75, 3.05) is 13.2 Å². The number of ether oxygens (including phenoxy) is 1. The van der Waals surface area contributed by atoms with Gasteiger partial charge >= 0.3 is 5.97 Å². The molecule has 2 N–H and O–H groups in total. The van der Waals surface area contributed by atoms with Crippen LogP contribution in [0.25, 0.3) is 11.0 Å². The molecule has 7 heteroatoms. The fraction of sp³-hybridized carbons (Fsp3) is 0.375. The van der Waals surface area contributed by atoms with Gasteiger partial charge in [-0.15, -0.1) is 0 Å². The molecule has 2 aromatic rings. The van der Waals surface area contributed by atoms with Gasteiger partial charge in [-0.2, -0.15) is 0 Å². The van der Waals surface area contributed by atoms with E-state index in [1.54, 1.807) is 12.1 Å². The fourth-order valence-corrected chi connectivity index (χ4v) is 3.13. The molecule has 1 saturated heterocycles. The maximum Gasteiger partial charge on any atom is 0.326 e.